The normalized spacial score (nSPS) is 15.6. The fourth-order valence-electron chi connectivity index (χ4n) is 4.97. The van der Waals surface area contributed by atoms with Crippen LogP contribution in [0.2, 0.25) is 0 Å². The standard InChI is InChI=1S/C25H26FN5O.CH2O/c1-16-11-17(12-22-23(16)24-20(25(32)29-22)3-2-6-28-24)15-30-7-9-31(10-8-30)19-5-4-18(14-27)21(26)13-19;1-2/h4-5,11-13,28H,2-3,6-10,15H2,1H3,(H,29,32);1H2. The fourth-order valence-corrected chi connectivity index (χ4v) is 4.97. The molecule has 0 saturated carbocycles. The van der Waals surface area contributed by atoms with E-state index in [1.165, 1.54) is 17.2 Å². The molecule has 2 N–H and O–H groups in total. The molecule has 2 aliphatic rings. The maximum Gasteiger partial charge on any atom is 0.253 e. The summed E-state index contributed by atoms with van der Waals surface area (Å²) in [6.07, 6.45) is 1.81. The Hall–Kier alpha value is -3.70. The van der Waals surface area contributed by atoms with E-state index in [0.717, 1.165) is 80.0 Å². The summed E-state index contributed by atoms with van der Waals surface area (Å²) in [7, 11) is 0. The van der Waals surface area contributed by atoms with Gasteiger partial charge in [-0.3, -0.25) is 9.69 Å². The van der Waals surface area contributed by atoms with E-state index in [1.807, 2.05) is 18.9 Å². The number of H-pyrrole nitrogens is 1. The minimum Gasteiger partial charge on any atom is -0.384 e. The molecule has 0 spiro atoms. The van der Waals surface area contributed by atoms with Crippen molar-refractivity contribution in [3.63, 3.8) is 0 Å². The van der Waals surface area contributed by atoms with Crippen LogP contribution < -0.4 is 15.8 Å². The second-order valence-corrected chi connectivity index (χ2v) is 8.71. The van der Waals surface area contributed by atoms with Gasteiger partial charge < -0.3 is 20.0 Å². The first-order chi connectivity index (χ1) is 16.5. The number of nitrogens with one attached hydrogen (secondary N) is 2. The van der Waals surface area contributed by atoms with Crippen molar-refractivity contribution in [3.8, 4) is 6.07 Å². The highest BCUT2D eigenvalue weighted by Gasteiger charge is 2.21. The molecule has 0 bridgehead atoms. The summed E-state index contributed by atoms with van der Waals surface area (Å²) in [6.45, 7) is 9.14. The van der Waals surface area contributed by atoms with E-state index in [-0.39, 0.29) is 11.1 Å². The highest BCUT2D eigenvalue weighted by Crippen LogP contribution is 2.31. The molecule has 0 amide bonds. The molecule has 2 aromatic carbocycles. The van der Waals surface area contributed by atoms with Crippen molar-refractivity contribution < 1.29 is 9.18 Å². The third kappa shape index (κ3) is 4.52. The Morgan fingerprint density at radius 3 is 2.62 bits per heavy atom. The largest absolute Gasteiger partial charge is 0.384 e. The quantitative estimate of drug-likeness (QED) is 0.622. The van der Waals surface area contributed by atoms with Crippen LogP contribution in [0.4, 0.5) is 15.8 Å². The second-order valence-electron chi connectivity index (χ2n) is 8.71. The number of anilines is 2. The number of hydrogen-bond acceptors (Lipinski definition) is 6. The van der Waals surface area contributed by atoms with Crippen molar-refractivity contribution in [2.75, 3.05) is 42.9 Å². The zero-order valence-corrected chi connectivity index (χ0v) is 19.3. The van der Waals surface area contributed by atoms with Gasteiger partial charge in [-0.1, -0.05) is 6.07 Å². The molecule has 176 valence electrons. The molecule has 0 radical (unpaired) electrons. The summed E-state index contributed by atoms with van der Waals surface area (Å²) in [5.74, 6) is -0.468. The summed E-state index contributed by atoms with van der Waals surface area (Å²) in [4.78, 5) is 28.2. The number of aromatic nitrogens is 1. The van der Waals surface area contributed by atoms with Crippen molar-refractivity contribution >= 4 is 29.1 Å². The zero-order chi connectivity index (χ0) is 24.2. The molecule has 7 nitrogen and oxygen atoms in total. The third-order valence-electron chi connectivity index (χ3n) is 6.59. The Morgan fingerprint density at radius 2 is 1.91 bits per heavy atom. The number of nitrogens with zero attached hydrogens (tertiary/aromatic N) is 3. The average molecular weight is 462 g/mol. The van der Waals surface area contributed by atoms with Gasteiger partial charge in [-0.15, -0.1) is 0 Å². The smallest absolute Gasteiger partial charge is 0.253 e. The maximum atomic E-state index is 14.0. The van der Waals surface area contributed by atoms with E-state index >= 15 is 0 Å². The Bertz CT molecular complexity index is 1310. The lowest BCUT2D eigenvalue weighted by atomic mass is 9.97. The Morgan fingerprint density at radius 1 is 1.15 bits per heavy atom. The Labute approximate surface area is 197 Å². The highest BCUT2D eigenvalue weighted by atomic mass is 19.1. The predicted octanol–water partition coefficient (Wildman–Crippen LogP) is 3.34. The van der Waals surface area contributed by atoms with Crippen LogP contribution in [0, 0.1) is 24.1 Å². The topological polar surface area (TPSA) is 92.2 Å². The van der Waals surface area contributed by atoms with Gasteiger partial charge in [0.25, 0.3) is 5.56 Å². The number of hydrogen-bond donors (Lipinski definition) is 2. The molecular weight excluding hydrogens is 433 g/mol. The third-order valence-corrected chi connectivity index (χ3v) is 6.59. The van der Waals surface area contributed by atoms with Crippen molar-refractivity contribution in [1.82, 2.24) is 9.88 Å². The number of aromatic amines is 1. The molecule has 0 atom stereocenters. The minimum absolute atomic E-state index is 0.0134. The van der Waals surface area contributed by atoms with E-state index in [9.17, 15) is 9.18 Å². The van der Waals surface area contributed by atoms with Gasteiger partial charge in [0, 0.05) is 55.9 Å². The fraction of sp³-hybridized carbons (Fsp3) is 0.346. The Balaban J connectivity index is 0.00000133. The van der Waals surface area contributed by atoms with Gasteiger partial charge in [-0.2, -0.15) is 5.26 Å². The summed E-state index contributed by atoms with van der Waals surface area (Å²) in [5, 5.41) is 13.5. The van der Waals surface area contributed by atoms with Gasteiger partial charge in [0.2, 0.25) is 0 Å². The van der Waals surface area contributed by atoms with E-state index < -0.39 is 5.82 Å². The lowest BCUT2D eigenvalue weighted by Crippen LogP contribution is -2.46. The predicted molar refractivity (Wildman–Crippen MR) is 132 cm³/mol. The van der Waals surface area contributed by atoms with Crippen LogP contribution in [0.25, 0.3) is 10.9 Å². The van der Waals surface area contributed by atoms with E-state index in [2.05, 4.69) is 39.2 Å². The molecule has 5 rings (SSSR count). The molecule has 3 heterocycles. The van der Waals surface area contributed by atoms with Gasteiger partial charge in [0.15, 0.2) is 0 Å². The van der Waals surface area contributed by atoms with Crippen molar-refractivity contribution in [3.05, 3.63) is 68.8 Å². The van der Waals surface area contributed by atoms with Crippen LogP contribution in [0.3, 0.4) is 0 Å². The van der Waals surface area contributed by atoms with Crippen LogP contribution in [0.1, 0.15) is 28.7 Å². The maximum absolute atomic E-state index is 14.0. The van der Waals surface area contributed by atoms with Gasteiger partial charge >= 0.3 is 0 Å². The number of halogens is 1. The van der Waals surface area contributed by atoms with E-state index in [4.69, 9.17) is 10.1 Å². The van der Waals surface area contributed by atoms with E-state index in [0.29, 0.717) is 0 Å². The number of nitriles is 1. The van der Waals surface area contributed by atoms with Crippen LogP contribution in [0.5, 0.6) is 0 Å². The first kappa shape index (κ1) is 23.5. The molecule has 0 unspecified atom stereocenters. The van der Waals surface area contributed by atoms with Crippen molar-refractivity contribution in [1.29, 1.82) is 5.26 Å². The number of rotatable bonds is 3. The molecule has 0 aliphatic carbocycles. The number of benzene rings is 2. The molecule has 2 aliphatic heterocycles. The van der Waals surface area contributed by atoms with Gasteiger partial charge in [-0.25, -0.2) is 4.39 Å². The van der Waals surface area contributed by atoms with Crippen molar-refractivity contribution in [2.24, 2.45) is 0 Å². The average Bonchev–Trinajstić information content (AvgIpc) is 2.85. The summed E-state index contributed by atoms with van der Waals surface area (Å²) < 4.78 is 14.0. The number of pyridine rings is 1. The van der Waals surface area contributed by atoms with Crippen LogP contribution in [0.15, 0.2) is 35.1 Å². The zero-order valence-electron chi connectivity index (χ0n) is 19.3. The molecule has 1 aromatic heterocycles. The molecule has 1 fully saturated rings. The summed E-state index contributed by atoms with van der Waals surface area (Å²) in [6, 6.07) is 11.0. The van der Waals surface area contributed by atoms with Gasteiger partial charge in [0.1, 0.15) is 18.7 Å². The van der Waals surface area contributed by atoms with Gasteiger partial charge in [-0.05, 0) is 55.2 Å². The Kier molecular flexibility index (Phi) is 6.94. The first-order valence-corrected chi connectivity index (χ1v) is 11.4. The summed E-state index contributed by atoms with van der Waals surface area (Å²) >= 11 is 0. The summed E-state index contributed by atoms with van der Waals surface area (Å²) in [5.41, 5.74) is 6.03. The first-order valence-electron chi connectivity index (χ1n) is 11.4. The lowest BCUT2D eigenvalue weighted by Gasteiger charge is -2.36. The molecular formula is C26H28FN5O2. The minimum atomic E-state index is -0.468. The lowest BCUT2D eigenvalue weighted by molar-refractivity contribution is -0.0979. The van der Waals surface area contributed by atoms with Gasteiger partial charge in [0.05, 0.1) is 16.8 Å². The number of carbonyl (C=O) groups excluding carboxylic acids is 1. The molecule has 3 aromatic rings. The number of aryl methyl sites for hydroxylation is 1. The van der Waals surface area contributed by atoms with Crippen LogP contribution >= 0.6 is 0 Å². The number of fused-ring (bicyclic) bond motifs is 3. The molecule has 1 saturated heterocycles. The van der Waals surface area contributed by atoms with Crippen LogP contribution in [-0.4, -0.2) is 49.4 Å². The molecule has 8 heteroatoms. The van der Waals surface area contributed by atoms with Crippen molar-refractivity contribution in [2.45, 2.75) is 26.3 Å². The SMILES string of the molecule is C=O.Cc1cc(CN2CCN(c3ccc(C#N)c(F)c3)CC2)cc2[nH]c(=O)c3c(c12)NCCC3. The van der Waals surface area contributed by atoms with Crippen LogP contribution in [-0.2, 0) is 17.8 Å². The highest BCUT2D eigenvalue weighted by molar-refractivity contribution is 5.96. The van der Waals surface area contributed by atoms with E-state index in [1.54, 1.807) is 6.07 Å². The monoisotopic (exact) mass is 461 g/mol. The second kappa shape index (κ2) is 10.1. The number of carbonyl (C=O) groups is 1. The number of piperazine rings is 1. The molecule has 34 heavy (non-hydrogen) atoms.